The van der Waals surface area contributed by atoms with Gasteiger partial charge in [-0.2, -0.15) is 0 Å². The Labute approximate surface area is 134 Å². The van der Waals surface area contributed by atoms with E-state index in [9.17, 15) is 9.90 Å². The van der Waals surface area contributed by atoms with E-state index in [2.05, 4.69) is 21.2 Å². The molecule has 2 rings (SSSR count). The first-order chi connectivity index (χ1) is 9.40. The number of phenols is 1. The van der Waals surface area contributed by atoms with Crippen LogP contribution in [0.1, 0.15) is 15.9 Å². The fourth-order valence-corrected chi connectivity index (χ4v) is 2.54. The topological polar surface area (TPSA) is 49.3 Å². The number of carbonyl (C=O) groups is 1. The van der Waals surface area contributed by atoms with Gasteiger partial charge in [-0.15, -0.1) is 0 Å². The fraction of sp³-hybridized carbons (Fsp3) is 0.0714. The van der Waals surface area contributed by atoms with Crippen LogP contribution >= 0.6 is 39.1 Å². The molecule has 20 heavy (non-hydrogen) atoms. The molecular formula is C14H10BrCl2NO2. The molecule has 0 heterocycles. The van der Waals surface area contributed by atoms with Crippen molar-refractivity contribution >= 4 is 50.7 Å². The van der Waals surface area contributed by atoms with Crippen LogP contribution in [-0.2, 0) is 0 Å². The van der Waals surface area contributed by atoms with Crippen molar-refractivity contribution in [3.63, 3.8) is 0 Å². The zero-order chi connectivity index (χ0) is 14.9. The van der Waals surface area contributed by atoms with Gasteiger partial charge in [0.2, 0.25) is 0 Å². The number of anilines is 1. The van der Waals surface area contributed by atoms with Gasteiger partial charge in [-0.05, 0) is 36.8 Å². The second kappa shape index (κ2) is 6.04. The number of amides is 1. The van der Waals surface area contributed by atoms with Crippen LogP contribution in [0.2, 0.25) is 10.0 Å². The molecule has 0 aliphatic heterocycles. The first-order valence-electron chi connectivity index (χ1n) is 5.64. The number of halogens is 3. The van der Waals surface area contributed by atoms with Gasteiger partial charge in [0.25, 0.3) is 5.91 Å². The average molecular weight is 375 g/mol. The van der Waals surface area contributed by atoms with E-state index in [-0.39, 0.29) is 21.7 Å². The molecule has 0 aliphatic carbocycles. The van der Waals surface area contributed by atoms with Crippen molar-refractivity contribution in [1.82, 2.24) is 0 Å². The quantitative estimate of drug-likeness (QED) is 0.725. The van der Waals surface area contributed by atoms with E-state index in [0.29, 0.717) is 11.3 Å². The molecule has 2 aromatic rings. The van der Waals surface area contributed by atoms with Crippen LogP contribution in [0.15, 0.2) is 34.8 Å². The number of aromatic hydroxyl groups is 1. The molecule has 6 heteroatoms. The van der Waals surface area contributed by atoms with Crippen LogP contribution in [0.4, 0.5) is 5.69 Å². The van der Waals surface area contributed by atoms with Crippen molar-refractivity contribution in [2.75, 3.05) is 5.32 Å². The first-order valence-corrected chi connectivity index (χ1v) is 7.19. The Balaban J connectivity index is 2.30. The van der Waals surface area contributed by atoms with Gasteiger partial charge in [-0.25, -0.2) is 0 Å². The largest absolute Gasteiger partial charge is 0.505 e. The Kier molecular flexibility index (Phi) is 4.58. The maximum Gasteiger partial charge on any atom is 0.255 e. The summed E-state index contributed by atoms with van der Waals surface area (Å²) < 4.78 is 0.854. The molecule has 0 saturated heterocycles. The normalized spacial score (nSPS) is 10.4. The molecule has 2 N–H and O–H groups in total. The highest BCUT2D eigenvalue weighted by molar-refractivity contribution is 9.10. The smallest absolute Gasteiger partial charge is 0.255 e. The summed E-state index contributed by atoms with van der Waals surface area (Å²) >= 11 is 15.0. The SMILES string of the molecule is Cc1c(Br)cccc1C(=O)Nc1cc(Cl)c(O)c(Cl)c1. The Morgan fingerprint density at radius 2 is 1.85 bits per heavy atom. The third-order valence-corrected chi connectivity index (χ3v) is 4.22. The Bertz CT molecular complexity index is 666. The zero-order valence-corrected chi connectivity index (χ0v) is 13.5. The van der Waals surface area contributed by atoms with Crippen LogP contribution in [-0.4, -0.2) is 11.0 Å². The highest BCUT2D eigenvalue weighted by Gasteiger charge is 2.13. The maximum absolute atomic E-state index is 12.2. The molecular weight excluding hydrogens is 365 g/mol. The standard InChI is InChI=1S/C14H10BrCl2NO2/c1-7-9(3-2-4-10(7)15)14(20)18-8-5-11(16)13(19)12(17)6-8/h2-6,19H,1H3,(H,18,20). The lowest BCUT2D eigenvalue weighted by Gasteiger charge is -2.10. The fourth-order valence-electron chi connectivity index (χ4n) is 1.69. The van der Waals surface area contributed by atoms with Gasteiger partial charge in [-0.3, -0.25) is 4.79 Å². The van der Waals surface area contributed by atoms with Crippen LogP contribution in [0, 0.1) is 6.92 Å². The van der Waals surface area contributed by atoms with Crippen molar-refractivity contribution in [3.05, 3.63) is 56.0 Å². The number of benzene rings is 2. The summed E-state index contributed by atoms with van der Waals surface area (Å²) in [6.45, 7) is 1.84. The summed E-state index contributed by atoms with van der Waals surface area (Å²) in [6, 6.07) is 8.24. The lowest BCUT2D eigenvalue weighted by molar-refractivity contribution is 0.102. The van der Waals surface area contributed by atoms with Crippen molar-refractivity contribution in [2.24, 2.45) is 0 Å². The van der Waals surface area contributed by atoms with Crippen LogP contribution in [0.25, 0.3) is 0 Å². The van der Waals surface area contributed by atoms with Crippen molar-refractivity contribution in [1.29, 1.82) is 0 Å². The Morgan fingerprint density at radius 1 is 1.25 bits per heavy atom. The zero-order valence-electron chi connectivity index (χ0n) is 10.4. The highest BCUT2D eigenvalue weighted by Crippen LogP contribution is 2.34. The maximum atomic E-state index is 12.2. The number of rotatable bonds is 2. The molecule has 1 amide bonds. The van der Waals surface area contributed by atoms with E-state index < -0.39 is 0 Å². The van der Waals surface area contributed by atoms with Gasteiger partial charge in [0, 0.05) is 15.7 Å². The summed E-state index contributed by atoms with van der Waals surface area (Å²) in [4.78, 5) is 12.2. The third kappa shape index (κ3) is 3.08. The van der Waals surface area contributed by atoms with E-state index >= 15 is 0 Å². The predicted molar refractivity (Wildman–Crippen MR) is 85.0 cm³/mol. The number of hydrogen-bond acceptors (Lipinski definition) is 2. The van der Waals surface area contributed by atoms with Gasteiger partial charge in [0.1, 0.15) is 0 Å². The van der Waals surface area contributed by atoms with E-state index in [1.165, 1.54) is 12.1 Å². The minimum Gasteiger partial charge on any atom is -0.505 e. The van der Waals surface area contributed by atoms with Crippen molar-refractivity contribution in [2.45, 2.75) is 6.92 Å². The van der Waals surface area contributed by atoms with E-state index in [1.54, 1.807) is 12.1 Å². The van der Waals surface area contributed by atoms with E-state index in [4.69, 9.17) is 23.2 Å². The Morgan fingerprint density at radius 3 is 2.45 bits per heavy atom. The van der Waals surface area contributed by atoms with E-state index in [1.807, 2.05) is 13.0 Å². The molecule has 3 nitrogen and oxygen atoms in total. The number of carbonyl (C=O) groups excluding carboxylic acids is 1. The first kappa shape index (κ1) is 15.2. The van der Waals surface area contributed by atoms with Crippen LogP contribution in [0.3, 0.4) is 0 Å². The van der Waals surface area contributed by atoms with Crippen LogP contribution in [0.5, 0.6) is 5.75 Å². The van der Waals surface area contributed by atoms with Crippen LogP contribution < -0.4 is 5.32 Å². The highest BCUT2D eigenvalue weighted by atomic mass is 79.9. The minimum absolute atomic E-state index is 0.0822. The summed E-state index contributed by atoms with van der Waals surface area (Å²) in [5, 5.41) is 12.3. The molecule has 0 saturated carbocycles. The molecule has 0 unspecified atom stereocenters. The van der Waals surface area contributed by atoms with Gasteiger partial charge < -0.3 is 10.4 Å². The lowest BCUT2D eigenvalue weighted by atomic mass is 10.1. The van der Waals surface area contributed by atoms with Crippen molar-refractivity contribution < 1.29 is 9.90 Å². The lowest BCUT2D eigenvalue weighted by Crippen LogP contribution is -2.13. The summed E-state index contributed by atoms with van der Waals surface area (Å²) in [7, 11) is 0. The molecule has 0 aliphatic rings. The second-order valence-corrected chi connectivity index (χ2v) is 5.82. The molecule has 0 bridgehead atoms. The monoisotopic (exact) mass is 373 g/mol. The Hall–Kier alpha value is -1.23. The minimum atomic E-state index is -0.276. The van der Waals surface area contributed by atoms with Gasteiger partial charge in [0.15, 0.2) is 5.75 Å². The molecule has 0 atom stereocenters. The van der Waals surface area contributed by atoms with E-state index in [0.717, 1.165) is 10.0 Å². The second-order valence-electron chi connectivity index (χ2n) is 4.16. The number of phenolic OH excluding ortho intramolecular Hbond substituents is 1. The molecule has 0 fully saturated rings. The number of nitrogens with one attached hydrogen (secondary N) is 1. The van der Waals surface area contributed by atoms with Crippen molar-refractivity contribution in [3.8, 4) is 5.75 Å². The molecule has 0 spiro atoms. The molecule has 104 valence electrons. The van der Waals surface area contributed by atoms with Gasteiger partial charge in [-0.1, -0.05) is 45.2 Å². The third-order valence-electron chi connectivity index (χ3n) is 2.79. The average Bonchev–Trinajstić information content (AvgIpc) is 2.39. The summed E-state index contributed by atoms with van der Waals surface area (Å²) in [5.41, 5.74) is 1.79. The molecule has 0 radical (unpaired) electrons. The number of hydrogen-bond donors (Lipinski definition) is 2. The molecule has 0 aromatic heterocycles. The van der Waals surface area contributed by atoms with Gasteiger partial charge in [0.05, 0.1) is 10.0 Å². The summed E-state index contributed by atoms with van der Waals surface area (Å²) in [6.07, 6.45) is 0. The van der Waals surface area contributed by atoms with Gasteiger partial charge >= 0.3 is 0 Å². The predicted octanol–water partition coefficient (Wildman–Crippen LogP) is 5.02. The molecule has 2 aromatic carbocycles. The summed E-state index contributed by atoms with van der Waals surface area (Å²) in [5.74, 6) is -0.480.